The van der Waals surface area contributed by atoms with Crippen LogP contribution in [0.25, 0.3) is 0 Å². The monoisotopic (exact) mass is 309 g/mol. The number of hydrogen-bond acceptors (Lipinski definition) is 4. The van der Waals surface area contributed by atoms with E-state index < -0.39 is 0 Å². The van der Waals surface area contributed by atoms with E-state index in [9.17, 15) is 0 Å². The van der Waals surface area contributed by atoms with Crippen molar-refractivity contribution in [3.05, 3.63) is 60.2 Å². The van der Waals surface area contributed by atoms with E-state index in [1.54, 1.807) is 7.11 Å². The molecular formula is C19H23N3O. The number of benzene rings is 2. The Hall–Kier alpha value is -2.49. The minimum atomic E-state index is 0.867. The number of para-hydroxylation sites is 1. The second-order valence-electron chi connectivity index (χ2n) is 5.69. The van der Waals surface area contributed by atoms with E-state index in [-0.39, 0.29) is 0 Å². The molecule has 0 radical (unpaired) electrons. The third kappa shape index (κ3) is 3.83. The Morgan fingerprint density at radius 2 is 1.70 bits per heavy atom. The van der Waals surface area contributed by atoms with Crippen LogP contribution >= 0.6 is 0 Å². The fourth-order valence-electron chi connectivity index (χ4n) is 2.81. The molecule has 120 valence electrons. The number of ether oxygens (including phenoxy) is 1. The highest BCUT2D eigenvalue weighted by Gasteiger charge is 2.16. The molecular weight excluding hydrogens is 286 g/mol. The van der Waals surface area contributed by atoms with Crippen LogP contribution in [-0.4, -0.2) is 44.0 Å². The highest BCUT2D eigenvalue weighted by atomic mass is 16.5. The summed E-state index contributed by atoms with van der Waals surface area (Å²) in [5, 5.41) is 6.94. The van der Waals surface area contributed by atoms with Crippen LogP contribution in [-0.2, 0) is 0 Å². The SMILES string of the molecule is COc1cccc(C(C)=NN2CCN(c3ccccc3)CC2)c1. The zero-order valence-corrected chi connectivity index (χ0v) is 13.8. The van der Waals surface area contributed by atoms with Gasteiger partial charge in [0.05, 0.1) is 25.9 Å². The van der Waals surface area contributed by atoms with Crippen molar-refractivity contribution in [2.24, 2.45) is 5.10 Å². The summed E-state index contributed by atoms with van der Waals surface area (Å²) in [7, 11) is 1.69. The first kappa shape index (κ1) is 15.4. The molecule has 1 heterocycles. The largest absolute Gasteiger partial charge is 0.497 e. The molecule has 0 aromatic heterocycles. The maximum atomic E-state index is 5.28. The molecule has 0 amide bonds. The van der Waals surface area contributed by atoms with Gasteiger partial charge in [0.25, 0.3) is 0 Å². The van der Waals surface area contributed by atoms with E-state index in [1.807, 2.05) is 18.2 Å². The number of hydrogen-bond donors (Lipinski definition) is 0. The Balaban J connectivity index is 1.63. The topological polar surface area (TPSA) is 28.1 Å². The molecule has 3 rings (SSSR count). The normalized spacial score (nSPS) is 15.7. The average molecular weight is 309 g/mol. The van der Waals surface area contributed by atoms with Crippen LogP contribution in [0.15, 0.2) is 59.7 Å². The van der Waals surface area contributed by atoms with Gasteiger partial charge in [-0.1, -0.05) is 30.3 Å². The van der Waals surface area contributed by atoms with E-state index >= 15 is 0 Å². The maximum Gasteiger partial charge on any atom is 0.119 e. The van der Waals surface area contributed by atoms with Gasteiger partial charge in [-0.2, -0.15) is 5.10 Å². The van der Waals surface area contributed by atoms with Crippen molar-refractivity contribution in [3.8, 4) is 5.75 Å². The third-order valence-electron chi connectivity index (χ3n) is 4.16. The van der Waals surface area contributed by atoms with Crippen molar-refractivity contribution in [1.82, 2.24) is 5.01 Å². The van der Waals surface area contributed by atoms with Gasteiger partial charge in [-0.3, -0.25) is 5.01 Å². The second-order valence-corrected chi connectivity index (χ2v) is 5.69. The molecule has 1 fully saturated rings. The van der Waals surface area contributed by atoms with Crippen molar-refractivity contribution in [1.29, 1.82) is 0 Å². The minimum Gasteiger partial charge on any atom is -0.497 e. The van der Waals surface area contributed by atoms with Crippen LogP contribution < -0.4 is 9.64 Å². The molecule has 4 heteroatoms. The summed E-state index contributed by atoms with van der Waals surface area (Å²) >= 11 is 0. The molecule has 0 N–H and O–H groups in total. The molecule has 2 aromatic carbocycles. The molecule has 1 aliphatic heterocycles. The molecule has 0 unspecified atom stereocenters. The molecule has 0 aliphatic carbocycles. The summed E-state index contributed by atoms with van der Waals surface area (Å²) in [6.45, 7) is 5.93. The second kappa shape index (κ2) is 7.18. The van der Waals surface area contributed by atoms with Crippen LogP contribution in [0.1, 0.15) is 12.5 Å². The van der Waals surface area contributed by atoms with Gasteiger partial charge in [0.2, 0.25) is 0 Å². The predicted molar refractivity (Wildman–Crippen MR) is 95.4 cm³/mol. The summed E-state index contributed by atoms with van der Waals surface area (Å²) in [6, 6.07) is 18.6. The molecule has 0 spiro atoms. The van der Waals surface area contributed by atoms with Crippen molar-refractivity contribution in [2.75, 3.05) is 38.2 Å². The van der Waals surface area contributed by atoms with Crippen LogP contribution in [0.3, 0.4) is 0 Å². The van der Waals surface area contributed by atoms with Crippen LogP contribution in [0.4, 0.5) is 5.69 Å². The summed E-state index contributed by atoms with van der Waals surface area (Å²) in [5.41, 5.74) is 3.42. The van der Waals surface area contributed by atoms with Crippen molar-refractivity contribution in [2.45, 2.75) is 6.92 Å². The average Bonchev–Trinajstić information content (AvgIpc) is 2.63. The quantitative estimate of drug-likeness (QED) is 0.812. The lowest BCUT2D eigenvalue weighted by molar-refractivity contribution is 0.270. The van der Waals surface area contributed by atoms with Crippen LogP contribution in [0.2, 0.25) is 0 Å². The zero-order chi connectivity index (χ0) is 16.1. The van der Waals surface area contributed by atoms with Gasteiger partial charge < -0.3 is 9.64 Å². The van der Waals surface area contributed by atoms with Gasteiger partial charge in [0.15, 0.2) is 0 Å². The number of nitrogens with zero attached hydrogens (tertiary/aromatic N) is 3. The molecule has 2 aromatic rings. The lowest BCUT2D eigenvalue weighted by Gasteiger charge is -2.34. The first-order valence-electron chi connectivity index (χ1n) is 8.01. The summed E-state index contributed by atoms with van der Waals surface area (Å²) in [6.07, 6.45) is 0. The minimum absolute atomic E-state index is 0.867. The van der Waals surface area contributed by atoms with E-state index in [1.165, 1.54) is 5.69 Å². The Labute approximate surface area is 138 Å². The van der Waals surface area contributed by atoms with Gasteiger partial charge >= 0.3 is 0 Å². The molecule has 0 saturated carbocycles. The molecule has 23 heavy (non-hydrogen) atoms. The fourth-order valence-corrected chi connectivity index (χ4v) is 2.81. The van der Waals surface area contributed by atoms with Crippen LogP contribution in [0, 0.1) is 0 Å². The number of anilines is 1. The van der Waals surface area contributed by atoms with E-state index in [2.05, 4.69) is 53.2 Å². The number of hydrazone groups is 1. The summed E-state index contributed by atoms with van der Waals surface area (Å²) in [4.78, 5) is 2.41. The Bertz CT molecular complexity index is 661. The zero-order valence-electron chi connectivity index (χ0n) is 13.8. The summed E-state index contributed by atoms with van der Waals surface area (Å²) in [5.74, 6) is 0.867. The molecule has 1 aliphatic rings. The maximum absolute atomic E-state index is 5.28. The molecule has 0 atom stereocenters. The third-order valence-corrected chi connectivity index (χ3v) is 4.16. The standard InChI is InChI=1S/C19H23N3O/c1-16(17-7-6-10-19(15-17)23-2)20-22-13-11-21(12-14-22)18-8-4-3-5-9-18/h3-10,15H,11-14H2,1-2H3. The first-order valence-corrected chi connectivity index (χ1v) is 8.01. The summed E-state index contributed by atoms with van der Waals surface area (Å²) < 4.78 is 5.28. The first-order chi connectivity index (χ1) is 11.3. The van der Waals surface area contributed by atoms with Crippen molar-refractivity contribution >= 4 is 11.4 Å². The Morgan fingerprint density at radius 1 is 0.957 bits per heavy atom. The predicted octanol–water partition coefficient (Wildman–Crippen LogP) is 3.24. The highest BCUT2D eigenvalue weighted by Crippen LogP contribution is 2.17. The van der Waals surface area contributed by atoms with Gasteiger partial charge in [-0.15, -0.1) is 0 Å². The molecule has 1 saturated heterocycles. The van der Waals surface area contributed by atoms with Gasteiger partial charge in [-0.05, 0) is 31.2 Å². The molecule has 4 nitrogen and oxygen atoms in total. The van der Waals surface area contributed by atoms with Gasteiger partial charge in [-0.25, -0.2) is 0 Å². The number of piperazine rings is 1. The fraction of sp³-hybridized carbons (Fsp3) is 0.316. The lowest BCUT2D eigenvalue weighted by atomic mass is 10.1. The van der Waals surface area contributed by atoms with Crippen molar-refractivity contribution < 1.29 is 4.74 Å². The van der Waals surface area contributed by atoms with E-state index in [0.29, 0.717) is 0 Å². The van der Waals surface area contributed by atoms with E-state index in [0.717, 1.165) is 43.2 Å². The molecule has 0 bridgehead atoms. The highest BCUT2D eigenvalue weighted by molar-refractivity contribution is 5.98. The smallest absolute Gasteiger partial charge is 0.119 e. The van der Waals surface area contributed by atoms with Crippen LogP contribution in [0.5, 0.6) is 5.75 Å². The van der Waals surface area contributed by atoms with E-state index in [4.69, 9.17) is 9.84 Å². The van der Waals surface area contributed by atoms with Crippen molar-refractivity contribution in [3.63, 3.8) is 0 Å². The number of methoxy groups -OCH3 is 1. The van der Waals surface area contributed by atoms with Gasteiger partial charge in [0.1, 0.15) is 5.75 Å². The van der Waals surface area contributed by atoms with Gasteiger partial charge in [0, 0.05) is 24.3 Å². The Kier molecular flexibility index (Phi) is 4.81. The lowest BCUT2D eigenvalue weighted by Crippen LogP contribution is -2.44. The Morgan fingerprint density at radius 3 is 2.39 bits per heavy atom. The number of rotatable bonds is 4.